The van der Waals surface area contributed by atoms with E-state index in [2.05, 4.69) is 28.6 Å². The van der Waals surface area contributed by atoms with Gasteiger partial charge in [-0.3, -0.25) is 4.79 Å². The summed E-state index contributed by atoms with van der Waals surface area (Å²) in [5.74, 6) is 3.08. The molecular weight excluding hydrogens is 518 g/mol. The number of unbranched alkanes of at least 4 members (excludes halogenated alkanes) is 1. The monoisotopic (exact) mass is 557 g/mol. The van der Waals surface area contributed by atoms with Crippen LogP contribution in [0.3, 0.4) is 0 Å². The standard InChI is InChI=1S/C33H39N3O5/c1-5-13-24-14-6-9-17-28(24)41-21-11-10-20-36-27-16-8-7-15-26(27)35-31(36)18-12-19-34-33(37)25-22-29(38-2)32(40-4)30(23-25)39-3/h5-9,14-17,22-23H,1,10-13,18-21H2,2-4H3,(H,34,37). The number of carbonyl (C=O) groups excluding carboxylic acids is 1. The maximum atomic E-state index is 12.9. The van der Waals surface area contributed by atoms with Crippen LogP contribution < -0.4 is 24.3 Å². The van der Waals surface area contributed by atoms with Crippen molar-refractivity contribution < 1.29 is 23.7 Å². The molecule has 8 heteroatoms. The predicted octanol–water partition coefficient (Wildman–Crippen LogP) is 6.01. The number of aromatic nitrogens is 2. The van der Waals surface area contributed by atoms with Crippen molar-refractivity contribution in [2.45, 2.75) is 38.6 Å². The fourth-order valence-corrected chi connectivity index (χ4v) is 4.85. The van der Waals surface area contributed by atoms with Crippen molar-refractivity contribution in [1.29, 1.82) is 0 Å². The number of nitrogens with zero attached hydrogens (tertiary/aromatic N) is 2. The Morgan fingerprint density at radius 3 is 2.39 bits per heavy atom. The Morgan fingerprint density at radius 1 is 0.927 bits per heavy atom. The summed E-state index contributed by atoms with van der Waals surface area (Å²) in [6, 6.07) is 19.6. The summed E-state index contributed by atoms with van der Waals surface area (Å²) in [7, 11) is 4.59. The van der Waals surface area contributed by atoms with Crippen LogP contribution in [0.2, 0.25) is 0 Å². The number of ether oxygens (including phenoxy) is 4. The van der Waals surface area contributed by atoms with Crippen LogP contribution in [0.4, 0.5) is 0 Å². The summed E-state index contributed by atoms with van der Waals surface area (Å²) >= 11 is 0. The molecule has 0 fully saturated rings. The number of nitrogens with one attached hydrogen (secondary N) is 1. The first-order valence-electron chi connectivity index (χ1n) is 13.9. The molecule has 0 saturated carbocycles. The summed E-state index contributed by atoms with van der Waals surface area (Å²) < 4.78 is 24.5. The topological polar surface area (TPSA) is 83.8 Å². The second-order valence-corrected chi connectivity index (χ2v) is 9.60. The van der Waals surface area contributed by atoms with E-state index in [1.165, 1.54) is 21.3 Å². The third-order valence-corrected chi connectivity index (χ3v) is 6.89. The molecule has 0 unspecified atom stereocenters. The molecule has 4 rings (SSSR count). The average Bonchev–Trinajstić information content (AvgIpc) is 3.36. The van der Waals surface area contributed by atoms with Crippen molar-refractivity contribution in [3.63, 3.8) is 0 Å². The van der Waals surface area contributed by atoms with Crippen molar-refractivity contribution in [2.75, 3.05) is 34.5 Å². The summed E-state index contributed by atoms with van der Waals surface area (Å²) in [4.78, 5) is 17.8. The van der Waals surface area contributed by atoms with E-state index in [1.807, 2.05) is 42.5 Å². The number of rotatable bonds is 16. The first-order chi connectivity index (χ1) is 20.1. The second-order valence-electron chi connectivity index (χ2n) is 9.60. The highest BCUT2D eigenvalue weighted by Gasteiger charge is 2.17. The minimum absolute atomic E-state index is 0.201. The SMILES string of the molecule is C=CCc1ccccc1OCCCCn1c(CCCNC(=O)c2cc(OC)c(OC)c(OC)c2)nc2ccccc21. The Kier molecular flexibility index (Phi) is 10.7. The van der Waals surface area contributed by atoms with E-state index in [9.17, 15) is 4.79 Å². The molecule has 41 heavy (non-hydrogen) atoms. The maximum Gasteiger partial charge on any atom is 0.251 e. The van der Waals surface area contributed by atoms with Gasteiger partial charge in [0.05, 0.1) is 39.0 Å². The minimum atomic E-state index is -0.201. The molecule has 8 nitrogen and oxygen atoms in total. The van der Waals surface area contributed by atoms with E-state index in [1.54, 1.807) is 12.1 Å². The van der Waals surface area contributed by atoms with E-state index in [4.69, 9.17) is 23.9 Å². The molecule has 0 spiro atoms. The molecule has 1 N–H and O–H groups in total. The molecular formula is C33H39N3O5. The van der Waals surface area contributed by atoms with Gasteiger partial charge in [0.25, 0.3) is 5.91 Å². The average molecular weight is 558 g/mol. The fraction of sp³-hybridized carbons (Fsp3) is 0.333. The highest BCUT2D eigenvalue weighted by Crippen LogP contribution is 2.38. The minimum Gasteiger partial charge on any atom is -0.493 e. The van der Waals surface area contributed by atoms with Crippen LogP contribution in [-0.2, 0) is 19.4 Å². The molecule has 0 radical (unpaired) electrons. The lowest BCUT2D eigenvalue weighted by molar-refractivity contribution is 0.0952. The predicted molar refractivity (Wildman–Crippen MR) is 162 cm³/mol. The summed E-state index contributed by atoms with van der Waals surface area (Å²) in [6.45, 7) is 5.86. The van der Waals surface area contributed by atoms with E-state index < -0.39 is 0 Å². The van der Waals surface area contributed by atoms with Crippen LogP contribution in [0.15, 0.2) is 73.3 Å². The third kappa shape index (κ3) is 7.39. The Bertz CT molecular complexity index is 1440. The number of amides is 1. The smallest absolute Gasteiger partial charge is 0.251 e. The first kappa shape index (κ1) is 29.5. The van der Waals surface area contributed by atoms with Crippen LogP contribution >= 0.6 is 0 Å². The van der Waals surface area contributed by atoms with Crippen LogP contribution in [0.25, 0.3) is 11.0 Å². The molecule has 216 valence electrons. The lowest BCUT2D eigenvalue weighted by Crippen LogP contribution is -2.25. The quantitative estimate of drug-likeness (QED) is 0.134. The summed E-state index contributed by atoms with van der Waals surface area (Å²) in [6.07, 6.45) is 6.09. The molecule has 0 aliphatic heterocycles. The zero-order valence-electron chi connectivity index (χ0n) is 24.2. The molecule has 0 aliphatic carbocycles. The fourth-order valence-electron chi connectivity index (χ4n) is 4.85. The van der Waals surface area contributed by atoms with Gasteiger partial charge in [-0.25, -0.2) is 4.98 Å². The highest BCUT2D eigenvalue weighted by molar-refractivity contribution is 5.95. The second kappa shape index (κ2) is 14.8. The number of hydrogen-bond donors (Lipinski definition) is 1. The zero-order valence-corrected chi connectivity index (χ0v) is 24.2. The lowest BCUT2D eigenvalue weighted by Gasteiger charge is -2.14. The van der Waals surface area contributed by atoms with E-state index in [0.29, 0.717) is 36.0 Å². The molecule has 1 heterocycles. The molecule has 1 aromatic heterocycles. The van der Waals surface area contributed by atoms with E-state index >= 15 is 0 Å². The molecule has 4 aromatic rings. The van der Waals surface area contributed by atoms with Gasteiger partial charge >= 0.3 is 0 Å². The van der Waals surface area contributed by atoms with Gasteiger partial charge in [-0.05, 0) is 61.6 Å². The largest absolute Gasteiger partial charge is 0.493 e. The maximum absolute atomic E-state index is 12.9. The lowest BCUT2D eigenvalue weighted by atomic mass is 10.1. The number of hydrogen-bond acceptors (Lipinski definition) is 6. The van der Waals surface area contributed by atoms with Gasteiger partial charge in [0, 0.05) is 25.1 Å². The van der Waals surface area contributed by atoms with Crippen LogP contribution in [0, 0.1) is 0 Å². The number of allylic oxidation sites excluding steroid dienone is 1. The molecule has 0 bridgehead atoms. The Labute approximate surface area is 241 Å². The number of carbonyl (C=O) groups is 1. The van der Waals surface area contributed by atoms with E-state index in [0.717, 1.165) is 66.8 Å². The Morgan fingerprint density at radius 2 is 1.66 bits per heavy atom. The van der Waals surface area contributed by atoms with Gasteiger partial charge in [0.1, 0.15) is 11.6 Å². The van der Waals surface area contributed by atoms with Gasteiger partial charge in [-0.15, -0.1) is 6.58 Å². The zero-order chi connectivity index (χ0) is 29.0. The normalized spacial score (nSPS) is 10.8. The molecule has 1 amide bonds. The van der Waals surface area contributed by atoms with Gasteiger partial charge in [-0.2, -0.15) is 0 Å². The summed E-state index contributed by atoms with van der Waals surface area (Å²) in [5.41, 5.74) is 3.71. The first-order valence-corrected chi connectivity index (χ1v) is 13.9. The molecule has 3 aromatic carbocycles. The molecule has 0 aliphatic rings. The summed E-state index contributed by atoms with van der Waals surface area (Å²) in [5, 5.41) is 3.00. The number of imidazole rings is 1. The number of fused-ring (bicyclic) bond motifs is 1. The van der Waals surface area contributed by atoms with Crippen LogP contribution in [0.5, 0.6) is 23.0 Å². The van der Waals surface area contributed by atoms with Crippen molar-refractivity contribution in [2.24, 2.45) is 0 Å². The number of para-hydroxylation sites is 3. The third-order valence-electron chi connectivity index (χ3n) is 6.89. The van der Waals surface area contributed by atoms with Gasteiger partial charge < -0.3 is 28.8 Å². The van der Waals surface area contributed by atoms with Crippen molar-refractivity contribution >= 4 is 16.9 Å². The molecule has 0 saturated heterocycles. The van der Waals surface area contributed by atoms with Crippen molar-refractivity contribution in [3.8, 4) is 23.0 Å². The van der Waals surface area contributed by atoms with Crippen LogP contribution in [0.1, 0.15) is 41.0 Å². The van der Waals surface area contributed by atoms with E-state index in [-0.39, 0.29) is 5.91 Å². The highest BCUT2D eigenvalue weighted by atomic mass is 16.5. The Hall–Kier alpha value is -4.46. The van der Waals surface area contributed by atoms with Gasteiger partial charge in [0.2, 0.25) is 5.75 Å². The number of benzene rings is 3. The Balaban J connectivity index is 1.32. The van der Waals surface area contributed by atoms with Crippen molar-refractivity contribution in [3.05, 3.63) is 90.3 Å². The van der Waals surface area contributed by atoms with Gasteiger partial charge in [0.15, 0.2) is 11.5 Å². The number of aryl methyl sites for hydroxylation is 2. The van der Waals surface area contributed by atoms with Crippen LogP contribution in [-0.4, -0.2) is 49.9 Å². The van der Waals surface area contributed by atoms with Gasteiger partial charge in [-0.1, -0.05) is 36.4 Å². The molecule has 0 atom stereocenters. The van der Waals surface area contributed by atoms with Crippen molar-refractivity contribution in [1.82, 2.24) is 14.9 Å². The number of methoxy groups -OCH3 is 3.